The van der Waals surface area contributed by atoms with E-state index < -0.39 is 0 Å². The van der Waals surface area contributed by atoms with Crippen LogP contribution in [0.4, 0.5) is 4.39 Å². The van der Waals surface area contributed by atoms with Gasteiger partial charge in [0.15, 0.2) is 0 Å². The van der Waals surface area contributed by atoms with E-state index in [1.54, 1.807) is 24.5 Å². The molecule has 1 aliphatic heterocycles. The second kappa shape index (κ2) is 8.26. The molecule has 2 aromatic carbocycles. The normalized spacial score (nSPS) is 15.8. The maximum absolute atomic E-state index is 13.4. The molecular formula is C25H21FN4O2. The van der Waals surface area contributed by atoms with Crippen molar-refractivity contribution in [3.8, 4) is 22.8 Å². The Bertz CT molecular complexity index is 1300. The largest absolute Gasteiger partial charge is 0.457 e. The summed E-state index contributed by atoms with van der Waals surface area (Å²) in [6.07, 6.45) is 8.49. The first-order chi connectivity index (χ1) is 15.6. The minimum Gasteiger partial charge on any atom is -0.457 e. The molecule has 160 valence electrons. The highest BCUT2D eigenvalue weighted by molar-refractivity contribution is 5.87. The maximum Gasteiger partial charge on any atom is 0.246 e. The first kappa shape index (κ1) is 19.9. The van der Waals surface area contributed by atoms with Gasteiger partial charge < -0.3 is 9.64 Å². The molecule has 1 unspecified atom stereocenters. The van der Waals surface area contributed by atoms with Crippen molar-refractivity contribution in [2.24, 2.45) is 0 Å². The van der Waals surface area contributed by atoms with E-state index in [1.807, 2.05) is 39.8 Å². The monoisotopic (exact) mass is 428 g/mol. The Morgan fingerprint density at radius 2 is 2.03 bits per heavy atom. The van der Waals surface area contributed by atoms with E-state index in [-0.39, 0.29) is 17.8 Å². The summed E-state index contributed by atoms with van der Waals surface area (Å²) < 4.78 is 21.2. The van der Waals surface area contributed by atoms with E-state index >= 15 is 0 Å². The molecule has 0 aliphatic carbocycles. The van der Waals surface area contributed by atoms with E-state index in [2.05, 4.69) is 11.6 Å². The van der Waals surface area contributed by atoms with Crippen molar-refractivity contribution in [3.05, 3.63) is 91.4 Å². The van der Waals surface area contributed by atoms with Crippen LogP contribution in [-0.4, -0.2) is 31.7 Å². The number of halogens is 1. The third-order valence-corrected chi connectivity index (χ3v) is 5.64. The van der Waals surface area contributed by atoms with Gasteiger partial charge >= 0.3 is 0 Å². The van der Waals surface area contributed by atoms with Crippen LogP contribution in [0.1, 0.15) is 24.7 Å². The molecule has 1 fully saturated rings. The number of rotatable bonds is 5. The summed E-state index contributed by atoms with van der Waals surface area (Å²) >= 11 is 0. The average Bonchev–Trinajstić information content (AvgIpc) is 3.44. The van der Waals surface area contributed by atoms with Crippen LogP contribution in [0, 0.1) is 5.82 Å². The molecule has 1 atom stereocenters. The fraction of sp³-hybridized carbons (Fsp3) is 0.160. The minimum absolute atomic E-state index is 0.0845. The third-order valence-electron chi connectivity index (χ3n) is 5.64. The van der Waals surface area contributed by atoms with Crippen LogP contribution < -0.4 is 4.74 Å². The second-order valence-corrected chi connectivity index (χ2v) is 7.63. The molecule has 5 rings (SSSR count). The topological polar surface area (TPSA) is 59.7 Å². The number of ether oxygens (including phenoxy) is 1. The quantitative estimate of drug-likeness (QED) is 0.411. The van der Waals surface area contributed by atoms with Gasteiger partial charge in [0.1, 0.15) is 23.1 Å². The van der Waals surface area contributed by atoms with E-state index in [0.29, 0.717) is 18.0 Å². The fourth-order valence-corrected chi connectivity index (χ4v) is 4.17. The summed E-state index contributed by atoms with van der Waals surface area (Å²) in [5.41, 5.74) is 2.54. The van der Waals surface area contributed by atoms with E-state index in [1.165, 1.54) is 18.2 Å². The van der Waals surface area contributed by atoms with Crippen molar-refractivity contribution in [2.75, 3.05) is 6.54 Å². The lowest BCUT2D eigenvalue weighted by atomic mass is 10.1. The van der Waals surface area contributed by atoms with Gasteiger partial charge in [-0.15, -0.1) is 0 Å². The number of benzene rings is 2. The molecule has 32 heavy (non-hydrogen) atoms. The first-order valence-corrected chi connectivity index (χ1v) is 10.4. The number of nitrogens with zero attached hydrogens (tertiary/aromatic N) is 4. The maximum atomic E-state index is 13.4. The lowest BCUT2D eigenvalue weighted by Crippen LogP contribution is -2.29. The van der Waals surface area contributed by atoms with Crippen molar-refractivity contribution >= 4 is 11.4 Å². The molecule has 0 spiro atoms. The highest BCUT2D eigenvalue weighted by Gasteiger charge is 2.32. The Hall–Kier alpha value is -4.00. The van der Waals surface area contributed by atoms with Gasteiger partial charge in [0, 0.05) is 30.6 Å². The Kier molecular flexibility index (Phi) is 5.15. The van der Waals surface area contributed by atoms with E-state index in [9.17, 15) is 9.18 Å². The third kappa shape index (κ3) is 3.62. The zero-order valence-corrected chi connectivity index (χ0v) is 17.3. The molecule has 1 saturated heterocycles. The molecule has 0 bridgehead atoms. The predicted molar refractivity (Wildman–Crippen MR) is 119 cm³/mol. The van der Waals surface area contributed by atoms with E-state index in [0.717, 1.165) is 35.4 Å². The van der Waals surface area contributed by atoms with Gasteiger partial charge in [-0.1, -0.05) is 12.6 Å². The molecule has 0 N–H and O–H groups in total. The van der Waals surface area contributed by atoms with Crippen LogP contribution >= 0.6 is 0 Å². The van der Waals surface area contributed by atoms with Crippen molar-refractivity contribution in [2.45, 2.75) is 18.9 Å². The Morgan fingerprint density at radius 3 is 2.81 bits per heavy atom. The standard InChI is InChI=1S/C25H21FN4O2/c1-2-23(31)29-13-4-7-21(29)25-28-24(22-16-27-12-14-30(22)25)17-8-10-19(11-9-17)32-20-6-3-5-18(26)15-20/h2-3,5-6,8-12,14-16,21H,1,4,7,13H2. The number of carbonyl (C=O) groups is 1. The van der Waals surface area contributed by atoms with Crippen LogP contribution in [0.15, 0.2) is 79.8 Å². The number of likely N-dealkylation sites (tertiary alicyclic amines) is 1. The zero-order chi connectivity index (χ0) is 22.1. The Morgan fingerprint density at radius 1 is 1.19 bits per heavy atom. The number of imidazole rings is 1. The van der Waals surface area contributed by atoms with Crippen LogP contribution in [0.2, 0.25) is 0 Å². The van der Waals surface area contributed by atoms with Gasteiger partial charge in [-0.05, 0) is 55.3 Å². The number of aromatic nitrogens is 3. The number of amides is 1. The molecular weight excluding hydrogens is 407 g/mol. The van der Waals surface area contributed by atoms with Crippen LogP contribution in [0.3, 0.4) is 0 Å². The van der Waals surface area contributed by atoms with Gasteiger partial charge in [-0.25, -0.2) is 9.37 Å². The van der Waals surface area contributed by atoms with Crippen molar-refractivity contribution in [1.82, 2.24) is 19.3 Å². The van der Waals surface area contributed by atoms with Gasteiger partial charge in [0.05, 0.1) is 23.4 Å². The fourth-order valence-electron chi connectivity index (χ4n) is 4.17. The molecule has 1 aliphatic rings. The van der Waals surface area contributed by atoms with Crippen molar-refractivity contribution < 1.29 is 13.9 Å². The Balaban J connectivity index is 1.50. The van der Waals surface area contributed by atoms with Crippen LogP contribution in [-0.2, 0) is 4.79 Å². The Labute approximate surface area is 184 Å². The number of carbonyl (C=O) groups excluding carboxylic acids is 1. The SMILES string of the molecule is C=CC(=O)N1CCCC1c1nc(-c2ccc(Oc3cccc(F)c3)cc2)c2cnccn12. The molecule has 2 aromatic heterocycles. The number of hydrogen-bond donors (Lipinski definition) is 0. The number of hydrogen-bond acceptors (Lipinski definition) is 4. The average molecular weight is 428 g/mol. The summed E-state index contributed by atoms with van der Waals surface area (Å²) in [6.45, 7) is 4.32. The molecule has 0 radical (unpaired) electrons. The summed E-state index contributed by atoms with van der Waals surface area (Å²) in [4.78, 5) is 23.4. The van der Waals surface area contributed by atoms with Gasteiger partial charge in [0.2, 0.25) is 5.91 Å². The molecule has 6 nitrogen and oxygen atoms in total. The molecule has 1 amide bonds. The summed E-state index contributed by atoms with van der Waals surface area (Å²) in [6, 6.07) is 13.4. The van der Waals surface area contributed by atoms with Crippen LogP contribution in [0.25, 0.3) is 16.8 Å². The summed E-state index contributed by atoms with van der Waals surface area (Å²) in [7, 11) is 0. The van der Waals surface area contributed by atoms with Gasteiger partial charge in [0.25, 0.3) is 0 Å². The summed E-state index contributed by atoms with van der Waals surface area (Å²) in [5, 5.41) is 0. The van der Waals surface area contributed by atoms with Crippen LogP contribution in [0.5, 0.6) is 11.5 Å². The molecule has 7 heteroatoms. The molecule has 0 saturated carbocycles. The molecule has 3 heterocycles. The van der Waals surface area contributed by atoms with Gasteiger partial charge in [-0.3, -0.25) is 14.2 Å². The zero-order valence-electron chi connectivity index (χ0n) is 17.3. The highest BCUT2D eigenvalue weighted by atomic mass is 19.1. The lowest BCUT2D eigenvalue weighted by Gasteiger charge is -2.22. The second-order valence-electron chi connectivity index (χ2n) is 7.63. The highest BCUT2D eigenvalue weighted by Crippen LogP contribution is 2.35. The van der Waals surface area contributed by atoms with E-state index in [4.69, 9.17) is 9.72 Å². The van der Waals surface area contributed by atoms with Crippen molar-refractivity contribution in [1.29, 1.82) is 0 Å². The first-order valence-electron chi connectivity index (χ1n) is 10.4. The smallest absolute Gasteiger partial charge is 0.246 e. The molecule has 4 aromatic rings. The summed E-state index contributed by atoms with van der Waals surface area (Å²) in [5.74, 6) is 1.41. The lowest BCUT2D eigenvalue weighted by molar-refractivity contribution is -0.127. The van der Waals surface area contributed by atoms with Crippen molar-refractivity contribution in [3.63, 3.8) is 0 Å². The predicted octanol–water partition coefficient (Wildman–Crippen LogP) is 5.18. The van der Waals surface area contributed by atoms with Gasteiger partial charge in [-0.2, -0.15) is 0 Å². The minimum atomic E-state index is -0.348. The number of fused-ring (bicyclic) bond motifs is 1.